The van der Waals surface area contributed by atoms with Crippen LogP contribution < -0.4 is 9.47 Å². The van der Waals surface area contributed by atoms with Crippen molar-refractivity contribution in [1.82, 2.24) is 0 Å². The van der Waals surface area contributed by atoms with Crippen molar-refractivity contribution in [2.45, 2.75) is 0 Å². The van der Waals surface area contributed by atoms with Crippen molar-refractivity contribution in [3.8, 4) is 11.5 Å². The van der Waals surface area contributed by atoms with Crippen LogP contribution in [-0.4, -0.2) is 70.7 Å². The molecule has 0 aliphatic rings. The molecule has 0 saturated carbocycles. The van der Waals surface area contributed by atoms with Crippen LogP contribution in [0.5, 0.6) is 11.5 Å². The van der Waals surface area contributed by atoms with Crippen molar-refractivity contribution in [2.24, 2.45) is 0 Å². The minimum atomic E-state index is -1.28. The Labute approximate surface area is 175 Å². The van der Waals surface area contributed by atoms with Crippen molar-refractivity contribution in [3.05, 3.63) is 58.7 Å². The lowest BCUT2D eigenvalue weighted by molar-refractivity contribution is 0.0647. The summed E-state index contributed by atoms with van der Waals surface area (Å²) in [4.78, 5) is 44.4. The molecule has 2 aromatic rings. The monoisotopic (exact) mass is 434 g/mol. The molecule has 164 valence electrons. The number of ether oxygens (including phenoxy) is 3. The first kappa shape index (κ1) is 23.2. The highest BCUT2D eigenvalue weighted by molar-refractivity contribution is 5.95. The predicted molar refractivity (Wildman–Crippen MR) is 103 cm³/mol. The molecule has 2 aromatic carbocycles. The lowest BCUT2D eigenvalue weighted by Crippen LogP contribution is -2.14. The Morgan fingerprint density at radius 2 is 0.968 bits per heavy atom. The van der Waals surface area contributed by atoms with E-state index in [-0.39, 0.29) is 60.2 Å². The third kappa shape index (κ3) is 6.44. The van der Waals surface area contributed by atoms with Gasteiger partial charge in [0.2, 0.25) is 0 Å². The highest BCUT2D eigenvalue weighted by atomic mass is 16.5. The molecule has 0 spiro atoms. The van der Waals surface area contributed by atoms with E-state index in [0.717, 1.165) is 36.4 Å². The zero-order chi connectivity index (χ0) is 23.0. The number of carboxylic acid groups (broad SMARTS) is 4. The Morgan fingerprint density at radius 1 is 0.581 bits per heavy atom. The summed E-state index contributed by atoms with van der Waals surface area (Å²) in [5, 5.41) is 36.3. The van der Waals surface area contributed by atoms with Gasteiger partial charge in [0.25, 0.3) is 0 Å². The van der Waals surface area contributed by atoms with Gasteiger partial charge in [0.15, 0.2) is 0 Å². The molecule has 0 amide bonds. The molecule has 0 bridgehead atoms. The van der Waals surface area contributed by atoms with E-state index in [1.807, 2.05) is 0 Å². The summed E-state index contributed by atoms with van der Waals surface area (Å²) in [6, 6.07) is 6.74. The van der Waals surface area contributed by atoms with E-state index in [1.165, 1.54) is 0 Å². The SMILES string of the molecule is O=C(O)c1ccc(C(=O)O)c(OCCOCCOc2cc(C(=O)O)ccc2C(=O)O)c1. The smallest absolute Gasteiger partial charge is 0.339 e. The first-order valence-corrected chi connectivity index (χ1v) is 8.75. The second-order valence-corrected chi connectivity index (χ2v) is 5.95. The van der Waals surface area contributed by atoms with Gasteiger partial charge in [-0.3, -0.25) is 0 Å². The molecule has 0 heterocycles. The van der Waals surface area contributed by atoms with Crippen LogP contribution in [0.15, 0.2) is 36.4 Å². The van der Waals surface area contributed by atoms with Gasteiger partial charge in [-0.2, -0.15) is 0 Å². The van der Waals surface area contributed by atoms with Crippen molar-refractivity contribution in [2.75, 3.05) is 26.4 Å². The molecule has 0 atom stereocenters. The first-order valence-electron chi connectivity index (χ1n) is 8.75. The van der Waals surface area contributed by atoms with E-state index in [0.29, 0.717) is 0 Å². The Hall–Kier alpha value is -4.12. The second-order valence-electron chi connectivity index (χ2n) is 5.95. The lowest BCUT2D eigenvalue weighted by Gasteiger charge is -2.12. The van der Waals surface area contributed by atoms with Gasteiger partial charge in [-0.1, -0.05) is 0 Å². The third-order valence-electron chi connectivity index (χ3n) is 3.89. The molecule has 31 heavy (non-hydrogen) atoms. The maximum absolute atomic E-state index is 11.2. The maximum atomic E-state index is 11.2. The van der Waals surface area contributed by atoms with E-state index < -0.39 is 23.9 Å². The molecule has 11 heteroatoms. The fourth-order valence-electron chi connectivity index (χ4n) is 2.43. The maximum Gasteiger partial charge on any atom is 0.339 e. The fourth-order valence-corrected chi connectivity index (χ4v) is 2.43. The number of aromatic carboxylic acids is 4. The fraction of sp³-hybridized carbons (Fsp3) is 0.200. The molecule has 0 fully saturated rings. The molecule has 0 saturated heterocycles. The standard InChI is InChI=1S/C20H18O11/c21-17(22)11-1-3-13(19(25)26)15(9-11)30-7-5-29-6-8-31-16-10-12(18(23)24)2-4-14(16)20(27)28/h1-4,9-10H,5-8H2,(H,21,22)(H,23,24)(H,25,26)(H,27,28). The Balaban J connectivity index is 1.85. The van der Waals surface area contributed by atoms with E-state index in [1.54, 1.807) is 0 Å². The number of carboxylic acids is 4. The van der Waals surface area contributed by atoms with Crippen molar-refractivity contribution < 1.29 is 53.8 Å². The van der Waals surface area contributed by atoms with Crippen molar-refractivity contribution in [3.63, 3.8) is 0 Å². The van der Waals surface area contributed by atoms with Gasteiger partial charge in [-0.25, -0.2) is 19.2 Å². The zero-order valence-corrected chi connectivity index (χ0v) is 15.9. The van der Waals surface area contributed by atoms with Crippen molar-refractivity contribution in [1.29, 1.82) is 0 Å². The number of hydrogen-bond donors (Lipinski definition) is 4. The van der Waals surface area contributed by atoms with Crippen LogP contribution >= 0.6 is 0 Å². The highest BCUT2D eigenvalue weighted by Gasteiger charge is 2.16. The van der Waals surface area contributed by atoms with Crippen LogP contribution in [0.3, 0.4) is 0 Å². The topological polar surface area (TPSA) is 177 Å². The van der Waals surface area contributed by atoms with Crippen LogP contribution in [0.25, 0.3) is 0 Å². The van der Waals surface area contributed by atoms with Crippen molar-refractivity contribution >= 4 is 23.9 Å². The molecule has 0 aromatic heterocycles. The molecule has 0 aliphatic carbocycles. The Kier molecular flexibility index (Phi) is 7.92. The predicted octanol–water partition coefficient (Wildman–Crippen LogP) is 1.95. The van der Waals surface area contributed by atoms with E-state index in [9.17, 15) is 19.2 Å². The number of rotatable bonds is 12. The highest BCUT2D eigenvalue weighted by Crippen LogP contribution is 2.22. The van der Waals surface area contributed by atoms with E-state index >= 15 is 0 Å². The molecular formula is C20H18O11. The van der Waals surface area contributed by atoms with Crippen LogP contribution in [0.2, 0.25) is 0 Å². The largest absolute Gasteiger partial charge is 0.490 e. The average molecular weight is 434 g/mol. The van der Waals surface area contributed by atoms with Gasteiger partial charge in [0, 0.05) is 0 Å². The summed E-state index contributed by atoms with van der Waals surface area (Å²) in [5.41, 5.74) is -0.667. The van der Waals surface area contributed by atoms with Gasteiger partial charge in [0.05, 0.1) is 24.3 Å². The summed E-state index contributed by atoms with van der Waals surface area (Å²) >= 11 is 0. The molecule has 11 nitrogen and oxygen atoms in total. The summed E-state index contributed by atoms with van der Waals surface area (Å²) < 4.78 is 15.8. The molecule has 2 rings (SSSR count). The summed E-state index contributed by atoms with van der Waals surface area (Å²) in [6.45, 7) is -0.169. The third-order valence-corrected chi connectivity index (χ3v) is 3.89. The van der Waals surface area contributed by atoms with Gasteiger partial charge in [0.1, 0.15) is 35.8 Å². The lowest BCUT2D eigenvalue weighted by atomic mass is 10.1. The first-order chi connectivity index (χ1) is 14.7. The van der Waals surface area contributed by atoms with Crippen LogP contribution in [0.4, 0.5) is 0 Å². The van der Waals surface area contributed by atoms with Gasteiger partial charge in [-0.05, 0) is 36.4 Å². The quantitative estimate of drug-likeness (QED) is 0.359. The number of benzene rings is 2. The average Bonchev–Trinajstić information content (AvgIpc) is 2.72. The summed E-state index contributed by atoms with van der Waals surface area (Å²) in [6.07, 6.45) is 0. The molecule has 0 unspecified atom stereocenters. The minimum Gasteiger partial charge on any atom is -0.490 e. The minimum absolute atomic E-state index is 0.000666. The van der Waals surface area contributed by atoms with Gasteiger partial charge in [-0.15, -0.1) is 0 Å². The van der Waals surface area contributed by atoms with E-state index in [4.69, 9.17) is 34.6 Å². The Morgan fingerprint density at radius 3 is 1.29 bits per heavy atom. The molecule has 0 radical (unpaired) electrons. The molecular weight excluding hydrogens is 416 g/mol. The van der Waals surface area contributed by atoms with E-state index in [2.05, 4.69) is 0 Å². The Bertz CT molecular complexity index is 917. The van der Waals surface area contributed by atoms with Gasteiger partial charge < -0.3 is 34.6 Å². The zero-order valence-electron chi connectivity index (χ0n) is 15.9. The van der Waals surface area contributed by atoms with Crippen LogP contribution in [-0.2, 0) is 4.74 Å². The van der Waals surface area contributed by atoms with Crippen LogP contribution in [0, 0.1) is 0 Å². The number of hydrogen-bond acceptors (Lipinski definition) is 7. The normalized spacial score (nSPS) is 10.3. The summed E-state index contributed by atoms with van der Waals surface area (Å²) in [5.74, 6) is -5.27. The molecule has 4 N–H and O–H groups in total. The summed E-state index contributed by atoms with van der Waals surface area (Å²) in [7, 11) is 0. The molecule has 0 aliphatic heterocycles. The van der Waals surface area contributed by atoms with Crippen LogP contribution in [0.1, 0.15) is 41.4 Å². The number of carbonyl (C=O) groups is 4. The second kappa shape index (κ2) is 10.6. The van der Waals surface area contributed by atoms with Gasteiger partial charge >= 0.3 is 23.9 Å².